The Kier molecular flexibility index (Phi) is 4.30. The quantitative estimate of drug-likeness (QED) is 0.723. The molecular formula is C12H16N4O3. The average molecular weight is 264 g/mol. The molecule has 0 bridgehead atoms. The number of carbonyl (C=O) groups excluding carboxylic acids is 1. The van der Waals surface area contributed by atoms with Crippen LogP contribution < -0.4 is 11.0 Å². The van der Waals surface area contributed by atoms with Crippen molar-refractivity contribution >= 4 is 11.6 Å². The molecule has 19 heavy (non-hydrogen) atoms. The van der Waals surface area contributed by atoms with E-state index in [1.165, 1.54) is 16.2 Å². The highest BCUT2D eigenvalue weighted by Gasteiger charge is 2.05. The standard InChI is InChI=1S/C12H16N4O3/c1-19-9-11(17)13-6-4-8-16-12(18)15-7-3-2-5-10(15)14-16/h2-3,5,7H,4,6,8-9H2,1H3,(H,13,17). The van der Waals surface area contributed by atoms with Crippen LogP contribution in [-0.2, 0) is 16.1 Å². The van der Waals surface area contributed by atoms with E-state index in [9.17, 15) is 9.59 Å². The molecular weight excluding hydrogens is 248 g/mol. The number of hydrogen-bond donors (Lipinski definition) is 1. The highest BCUT2D eigenvalue weighted by molar-refractivity contribution is 5.77. The van der Waals surface area contributed by atoms with Crippen LogP contribution in [-0.4, -0.2) is 40.3 Å². The van der Waals surface area contributed by atoms with Crippen LogP contribution in [0, 0.1) is 0 Å². The van der Waals surface area contributed by atoms with Gasteiger partial charge < -0.3 is 10.1 Å². The predicted molar refractivity (Wildman–Crippen MR) is 69.0 cm³/mol. The van der Waals surface area contributed by atoms with E-state index in [1.54, 1.807) is 18.3 Å². The van der Waals surface area contributed by atoms with Gasteiger partial charge in [0.15, 0.2) is 5.65 Å². The van der Waals surface area contributed by atoms with E-state index < -0.39 is 0 Å². The molecule has 1 amide bonds. The Labute approximate surface area is 109 Å². The Balaban J connectivity index is 1.90. The van der Waals surface area contributed by atoms with Gasteiger partial charge in [-0.05, 0) is 18.6 Å². The molecule has 0 spiro atoms. The first-order valence-corrected chi connectivity index (χ1v) is 6.02. The van der Waals surface area contributed by atoms with Gasteiger partial charge in [-0.15, -0.1) is 5.10 Å². The molecule has 0 aliphatic heterocycles. The molecule has 7 nitrogen and oxygen atoms in total. The van der Waals surface area contributed by atoms with Gasteiger partial charge in [-0.2, -0.15) is 0 Å². The second-order valence-corrected chi connectivity index (χ2v) is 4.07. The molecule has 102 valence electrons. The van der Waals surface area contributed by atoms with Gasteiger partial charge in [-0.25, -0.2) is 9.48 Å². The lowest BCUT2D eigenvalue weighted by Gasteiger charge is -2.03. The topological polar surface area (TPSA) is 77.6 Å². The SMILES string of the molecule is COCC(=O)NCCCn1nc2ccccn2c1=O. The Morgan fingerprint density at radius 2 is 2.32 bits per heavy atom. The van der Waals surface area contributed by atoms with Gasteiger partial charge in [0.1, 0.15) is 6.61 Å². The highest BCUT2D eigenvalue weighted by Crippen LogP contribution is 1.95. The fraction of sp³-hybridized carbons (Fsp3) is 0.417. The van der Waals surface area contributed by atoms with Gasteiger partial charge in [0.2, 0.25) is 5.91 Å². The van der Waals surface area contributed by atoms with Gasteiger partial charge >= 0.3 is 5.69 Å². The summed E-state index contributed by atoms with van der Waals surface area (Å²) in [4.78, 5) is 23.1. The van der Waals surface area contributed by atoms with Gasteiger partial charge in [-0.1, -0.05) is 6.07 Å². The lowest BCUT2D eigenvalue weighted by Crippen LogP contribution is -2.29. The Morgan fingerprint density at radius 3 is 3.05 bits per heavy atom. The summed E-state index contributed by atoms with van der Waals surface area (Å²) in [7, 11) is 1.47. The number of nitrogens with zero attached hydrogens (tertiary/aromatic N) is 3. The third-order valence-corrected chi connectivity index (χ3v) is 2.63. The molecule has 2 rings (SSSR count). The first-order chi connectivity index (χ1) is 9.22. The van der Waals surface area contributed by atoms with E-state index in [0.717, 1.165) is 0 Å². The molecule has 0 fully saturated rings. The second kappa shape index (κ2) is 6.14. The zero-order valence-corrected chi connectivity index (χ0v) is 10.7. The van der Waals surface area contributed by atoms with E-state index >= 15 is 0 Å². The van der Waals surface area contributed by atoms with E-state index in [-0.39, 0.29) is 18.2 Å². The van der Waals surface area contributed by atoms with Gasteiger partial charge in [0, 0.05) is 26.4 Å². The van der Waals surface area contributed by atoms with Crippen molar-refractivity contribution in [3.05, 3.63) is 34.9 Å². The maximum absolute atomic E-state index is 11.9. The van der Waals surface area contributed by atoms with Gasteiger partial charge in [0.25, 0.3) is 0 Å². The number of ether oxygens (including phenoxy) is 1. The molecule has 2 aromatic rings. The maximum Gasteiger partial charge on any atom is 0.350 e. The summed E-state index contributed by atoms with van der Waals surface area (Å²) in [5, 5.41) is 6.89. The first-order valence-electron chi connectivity index (χ1n) is 6.02. The van der Waals surface area contributed by atoms with Crippen LogP contribution >= 0.6 is 0 Å². The first kappa shape index (κ1) is 13.3. The average Bonchev–Trinajstić information content (AvgIpc) is 2.73. The fourth-order valence-electron chi connectivity index (χ4n) is 1.75. The summed E-state index contributed by atoms with van der Waals surface area (Å²) >= 11 is 0. The third kappa shape index (κ3) is 3.19. The molecule has 7 heteroatoms. The van der Waals surface area contributed by atoms with Crippen LogP contribution in [0.5, 0.6) is 0 Å². The summed E-state index contributed by atoms with van der Waals surface area (Å²) in [5.41, 5.74) is 0.453. The van der Waals surface area contributed by atoms with Crippen molar-refractivity contribution in [2.45, 2.75) is 13.0 Å². The summed E-state index contributed by atoms with van der Waals surface area (Å²) < 4.78 is 7.59. The molecule has 0 radical (unpaired) electrons. The minimum absolute atomic E-state index is 0.0499. The van der Waals surface area contributed by atoms with Crippen LogP contribution in [0.3, 0.4) is 0 Å². The largest absolute Gasteiger partial charge is 0.375 e. The van der Waals surface area contributed by atoms with Crippen LogP contribution in [0.2, 0.25) is 0 Å². The number of pyridine rings is 1. The van der Waals surface area contributed by atoms with Crippen molar-refractivity contribution < 1.29 is 9.53 Å². The molecule has 0 aliphatic rings. The van der Waals surface area contributed by atoms with E-state index in [0.29, 0.717) is 25.2 Å². The molecule has 2 aromatic heterocycles. The van der Waals surface area contributed by atoms with Crippen molar-refractivity contribution in [3.63, 3.8) is 0 Å². The van der Waals surface area contributed by atoms with Crippen LogP contribution in [0.4, 0.5) is 0 Å². The Hall–Kier alpha value is -2.15. The van der Waals surface area contributed by atoms with E-state index in [4.69, 9.17) is 4.74 Å². The number of fused-ring (bicyclic) bond motifs is 1. The molecule has 0 aliphatic carbocycles. The van der Waals surface area contributed by atoms with Crippen LogP contribution in [0.1, 0.15) is 6.42 Å². The molecule has 0 saturated heterocycles. The van der Waals surface area contributed by atoms with Gasteiger partial charge in [0.05, 0.1) is 0 Å². The smallest absolute Gasteiger partial charge is 0.350 e. The summed E-state index contributed by atoms with van der Waals surface area (Å²) in [6, 6.07) is 5.39. The molecule has 1 N–H and O–H groups in total. The lowest BCUT2D eigenvalue weighted by molar-refractivity contribution is -0.124. The zero-order chi connectivity index (χ0) is 13.7. The number of methoxy groups -OCH3 is 1. The van der Waals surface area contributed by atoms with Crippen LogP contribution in [0.15, 0.2) is 29.2 Å². The van der Waals surface area contributed by atoms with Crippen molar-refractivity contribution in [3.8, 4) is 0 Å². The van der Waals surface area contributed by atoms with Crippen molar-refractivity contribution in [1.29, 1.82) is 0 Å². The molecule has 0 aromatic carbocycles. The Morgan fingerprint density at radius 1 is 1.47 bits per heavy atom. The zero-order valence-electron chi connectivity index (χ0n) is 10.7. The summed E-state index contributed by atoms with van der Waals surface area (Å²) in [5.74, 6) is -0.162. The number of carbonyl (C=O) groups is 1. The van der Waals surface area contributed by atoms with Crippen LogP contribution in [0.25, 0.3) is 5.65 Å². The van der Waals surface area contributed by atoms with Crippen molar-refractivity contribution in [2.24, 2.45) is 0 Å². The lowest BCUT2D eigenvalue weighted by atomic mass is 10.4. The third-order valence-electron chi connectivity index (χ3n) is 2.63. The minimum Gasteiger partial charge on any atom is -0.375 e. The fourth-order valence-corrected chi connectivity index (χ4v) is 1.75. The number of nitrogens with one attached hydrogen (secondary N) is 1. The van der Waals surface area contributed by atoms with Gasteiger partial charge in [-0.3, -0.25) is 9.20 Å². The van der Waals surface area contributed by atoms with Crippen molar-refractivity contribution in [1.82, 2.24) is 19.5 Å². The predicted octanol–water partition coefficient (Wildman–Crippen LogP) is -0.351. The number of aromatic nitrogens is 3. The summed E-state index contributed by atoms with van der Waals surface area (Å²) in [6.07, 6.45) is 2.32. The number of amides is 1. The maximum atomic E-state index is 11.9. The molecule has 0 unspecified atom stereocenters. The normalized spacial score (nSPS) is 10.8. The monoisotopic (exact) mass is 264 g/mol. The summed E-state index contributed by atoms with van der Waals surface area (Å²) in [6.45, 7) is 1.00. The number of aryl methyl sites for hydroxylation is 1. The van der Waals surface area contributed by atoms with E-state index in [1.807, 2.05) is 6.07 Å². The second-order valence-electron chi connectivity index (χ2n) is 4.07. The van der Waals surface area contributed by atoms with E-state index in [2.05, 4.69) is 10.4 Å². The molecule has 2 heterocycles. The highest BCUT2D eigenvalue weighted by atomic mass is 16.5. The number of hydrogen-bond acceptors (Lipinski definition) is 4. The number of rotatable bonds is 6. The molecule has 0 atom stereocenters. The molecule has 0 saturated carbocycles. The minimum atomic E-state index is -0.168. The van der Waals surface area contributed by atoms with Crippen molar-refractivity contribution in [2.75, 3.05) is 20.3 Å². The Bertz CT molecular complexity index is 617.